The molecule has 0 aliphatic heterocycles. The van der Waals surface area contributed by atoms with Gasteiger partial charge in [-0.15, -0.1) is 0 Å². The second-order valence-electron chi connectivity index (χ2n) is 7.19. The van der Waals surface area contributed by atoms with Crippen LogP contribution < -0.4 is 10.1 Å². The average Bonchev–Trinajstić information content (AvgIpc) is 3.29. The van der Waals surface area contributed by atoms with Crippen molar-refractivity contribution in [3.8, 4) is 5.75 Å². The van der Waals surface area contributed by atoms with Crippen LogP contribution in [-0.2, 0) is 5.41 Å². The Hall–Kier alpha value is -1.06. The fourth-order valence-corrected chi connectivity index (χ4v) is 2.30. The summed E-state index contributed by atoms with van der Waals surface area (Å²) in [5, 5.41) is 13.0. The first-order chi connectivity index (χ1) is 9.88. The Balaban J connectivity index is 1.93. The van der Waals surface area contributed by atoms with Gasteiger partial charge in [-0.2, -0.15) is 0 Å². The molecule has 0 heterocycles. The van der Waals surface area contributed by atoms with Gasteiger partial charge in [0.15, 0.2) is 0 Å². The lowest BCUT2D eigenvalue weighted by Gasteiger charge is -2.29. The molecule has 0 radical (unpaired) electrons. The molecule has 1 aliphatic carbocycles. The van der Waals surface area contributed by atoms with Gasteiger partial charge in [-0.05, 0) is 49.3 Å². The molecule has 1 atom stereocenters. The van der Waals surface area contributed by atoms with E-state index in [2.05, 4.69) is 38.2 Å². The molecule has 2 N–H and O–H groups in total. The maximum atomic E-state index is 9.58. The van der Waals surface area contributed by atoms with Crippen molar-refractivity contribution >= 4 is 0 Å². The Morgan fingerprint density at radius 3 is 2.29 bits per heavy atom. The minimum absolute atomic E-state index is 0.0877. The van der Waals surface area contributed by atoms with Crippen LogP contribution in [-0.4, -0.2) is 29.9 Å². The first-order valence-electron chi connectivity index (χ1n) is 8.00. The summed E-state index contributed by atoms with van der Waals surface area (Å²) < 4.78 is 5.87. The van der Waals surface area contributed by atoms with E-state index >= 15 is 0 Å². The summed E-state index contributed by atoms with van der Waals surface area (Å²) in [5.74, 6) is 0.864. The van der Waals surface area contributed by atoms with E-state index in [-0.39, 0.29) is 17.6 Å². The van der Waals surface area contributed by atoms with E-state index in [1.165, 1.54) is 18.4 Å². The molecular weight excluding hydrogens is 262 g/mol. The Bertz CT molecular complexity index is 451. The summed E-state index contributed by atoms with van der Waals surface area (Å²) in [5.41, 5.74) is 1.17. The molecule has 3 heteroatoms. The van der Waals surface area contributed by atoms with E-state index < -0.39 is 0 Å². The topological polar surface area (TPSA) is 41.5 Å². The lowest BCUT2D eigenvalue weighted by atomic mass is 9.82. The monoisotopic (exact) mass is 291 g/mol. The van der Waals surface area contributed by atoms with E-state index in [0.717, 1.165) is 12.2 Å². The number of aliphatic hydroxyl groups is 1. The number of hydrogen-bond donors (Lipinski definition) is 2. The standard InChI is InChI=1S/C18H29NO2/c1-5-17(2,3)14-6-10-16(11-7-14)21-13-18(4,12-20)19-15-8-9-15/h6-7,10-11,15,19-20H,5,8-9,12-13H2,1-4H3. The van der Waals surface area contributed by atoms with E-state index in [9.17, 15) is 5.11 Å². The molecular formula is C18H29NO2. The van der Waals surface area contributed by atoms with Crippen molar-refractivity contribution < 1.29 is 9.84 Å². The highest BCUT2D eigenvalue weighted by atomic mass is 16.5. The Labute approximate surface area is 128 Å². The van der Waals surface area contributed by atoms with Crippen LogP contribution in [0.25, 0.3) is 0 Å². The van der Waals surface area contributed by atoms with Crippen LogP contribution >= 0.6 is 0 Å². The van der Waals surface area contributed by atoms with Crippen LogP contribution in [0.2, 0.25) is 0 Å². The third-order valence-corrected chi connectivity index (χ3v) is 4.56. The van der Waals surface area contributed by atoms with E-state index in [1.54, 1.807) is 0 Å². The molecule has 1 unspecified atom stereocenters. The van der Waals surface area contributed by atoms with Crippen molar-refractivity contribution in [2.24, 2.45) is 0 Å². The number of hydrogen-bond acceptors (Lipinski definition) is 3. The highest BCUT2D eigenvalue weighted by Crippen LogP contribution is 2.28. The molecule has 0 aromatic heterocycles. The first-order valence-corrected chi connectivity index (χ1v) is 8.00. The van der Waals surface area contributed by atoms with Crippen LogP contribution in [0.5, 0.6) is 5.75 Å². The Morgan fingerprint density at radius 2 is 1.81 bits per heavy atom. The zero-order chi connectivity index (χ0) is 15.5. The highest BCUT2D eigenvalue weighted by molar-refractivity contribution is 5.31. The second-order valence-corrected chi connectivity index (χ2v) is 7.19. The quantitative estimate of drug-likeness (QED) is 0.772. The lowest BCUT2D eigenvalue weighted by molar-refractivity contribution is 0.114. The van der Waals surface area contributed by atoms with Crippen molar-refractivity contribution in [1.82, 2.24) is 5.32 Å². The normalized spacial score (nSPS) is 18.3. The summed E-state index contributed by atoms with van der Waals surface area (Å²) in [6.07, 6.45) is 3.52. The van der Waals surface area contributed by atoms with Gasteiger partial charge in [0.05, 0.1) is 12.1 Å². The van der Waals surface area contributed by atoms with Gasteiger partial charge in [0.2, 0.25) is 0 Å². The van der Waals surface area contributed by atoms with Gasteiger partial charge in [0.1, 0.15) is 12.4 Å². The van der Waals surface area contributed by atoms with Gasteiger partial charge >= 0.3 is 0 Å². The minimum Gasteiger partial charge on any atom is -0.492 e. The lowest BCUT2D eigenvalue weighted by Crippen LogP contribution is -2.51. The van der Waals surface area contributed by atoms with E-state index in [1.807, 2.05) is 19.1 Å². The molecule has 1 saturated carbocycles. The number of aliphatic hydroxyl groups excluding tert-OH is 1. The number of ether oxygens (including phenoxy) is 1. The van der Waals surface area contributed by atoms with Crippen LogP contribution in [0.3, 0.4) is 0 Å². The highest BCUT2D eigenvalue weighted by Gasteiger charge is 2.32. The maximum absolute atomic E-state index is 9.58. The van der Waals surface area contributed by atoms with Gasteiger partial charge in [-0.3, -0.25) is 0 Å². The molecule has 2 rings (SSSR count). The van der Waals surface area contributed by atoms with E-state index in [4.69, 9.17) is 4.74 Å². The number of rotatable bonds is 8. The van der Waals surface area contributed by atoms with Crippen LogP contribution in [0.1, 0.15) is 52.5 Å². The largest absolute Gasteiger partial charge is 0.492 e. The van der Waals surface area contributed by atoms with Crippen molar-refractivity contribution in [3.05, 3.63) is 29.8 Å². The predicted octanol–water partition coefficient (Wildman–Crippen LogP) is 3.26. The molecule has 0 amide bonds. The number of nitrogens with one attached hydrogen (secondary N) is 1. The summed E-state index contributed by atoms with van der Waals surface area (Å²) in [7, 11) is 0. The van der Waals surface area contributed by atoms with Gasteiger partial charge in [0.25, 0.3) is 0 Å². The van der Waals surface area contributed by atoms with Crippen molar-refractivity contribution in [3.63, 3.8) is 0 Å². The predicted molar refractivity (Wildman–Crippen MR) is 86.9 cm³/mol. The summed E-state index contributed by atoms with van der Waals surface area (Å²) in [4.78, 5) is 0. The molecule has 118 valence electrons. The second kappa shape index (κ2) is 6.37. The third kappa shape index (κ3) is 4.45. The van der Waals surface area contributed by atoms with Gasteiger partial charge in [0, 0.05) is 6.04 Å². The van der Waals surface area contributed by atoms with Gasteiger partial charge in [-0.25, -0.2) is 0 Å². The summed E-state index contributed by atoms with van der Waals surface area (Å²) in [6, 6.07) is 8.90. The van der Waals surface area contributed by atoms with Crippen LogP contribution in [0.4, 0.5) is 0 Å². The van der Waals surface area contributed by atoms with Crippen molar-refractivity contribution in [1.29, 1.82) is 0 Å². The molecule has 0 spiro atoms. The fourth-order valence-electron chi connectivity index (χ4n) is 2.30. The molecule has 1 aromatic rings. The molecule has 1 aliphatic rings. The molecule has 21 heavy (non-hydrogen) atoms. The van der Waals surface area contributed by atoms with Gasteiger partial charge in [-0.1, -0.05) is 32.9 Å². The zero-order valence-corrected chi connectivity index (χ0v) is 13.8. The molecule has 0 saturated heterocycles. The fraction of sp³-hybridized carbons (Fsp3) is 0.667. The third-order valence-electron chi connectivity index (χ3n) is 4.56. The van der Waals surface area contributed by atoms with Gasteiger partial charge < -0.3 is 15.2 Å². The van der Waals surface area contributed by atoms with Crippen molar-refractivity contribution in [2.75, 3.05) is 13.2 Å². The zero-order valence-electron chi connectivity index (χ0n) is 13.8. The van der Waals surface area contributed by atoms with E-state index in [0.29, 0.717) is 12.6 Å². The van der Waals surface area contributed by atoms with Crippen LogP contribution in [0, 0.1) is 0 Å². The first kappa shape index (κ1) is 16.3. The summed E-state index contributed by atoms with van der Waals surface area (Å²) in [6.45, 7) is 9.30. The SMILES string of the molecule is CCC(C)(C)c1ccc(OCC(C)(CO)NC2CC2)cc1. The number of benzene rings is 1. The molecule has 1 fully saturated rings. The van der Waals surface area contributed by atoms with Crippen LogP contribution in [0.15, 0.2) is 24.3 Å². The Kier molecular flexibility index (Phi) is 4.95. The smallest absolute Gasteiger partial charge is 0.119 e. The molecule has 1 aromatic carbocycles. The maximum Gasteiger partial charge on any atom is 0.119 e. The van der Waals surface area contributed by atoms with Crippen molar-refractivity contribution in [2.45, 2.75) is 64.0 Å². The summed E-state index contributed by atoms with van der Waals surface area (Å²) >= 11 is 0. The molecule has 3 nitrogen and oxygen atoms in total. The average molecular weight is 291 g/mol. The minimum atomic E-state index is -0.359. The Morgan fingerprint density at radius 1 is 1.19 bits per heavy atom. The molecule has 0 bridgehead atoms.